The number of imidazole rings is 1. The van der Waals surface area contributed by atoms with Gasteiger partial charge in [0.15, 0.2) is 0 Å². The van der Waals surface area contributed by atoms with Gasteiger partial charge in [0.25, 0.3) is 0 Å². The van der Waals surface area contributed by atoms with Gasteiger partial charge in [0.2, 0.25) is 5.95 Å². The summed E-state index contributed by atoms with van der Waals surface area (Å²) in [6.07, 6.45) is 0.232. The number of fused-ring (bicyclic) bond motifs is 1. The first-order valence-electron chi connectivity index (χ1n) is 11.9. The van der Waals surface area contributed by atoms with E-state index >= 15 is 0 Å². The van der Waals surface area contributed by atoms with E-state index in [0.29, 0.717) is 22.1 Å². The summed E-state index contributed by atoms with van der Waals surface area (Å²) in [5, 5.41) is 2.97. The van der Waals surface area contributed by atoms with E-state index in [9.17, 15) is 13.2 Å². The number of halogens is 3. The number of hydrogen-bond acceptors (Lipinski definition) is 7. The van der Waals surface area contributed by atoms with Crippen LogP contribution in [0.25, 0.3) is 20.9 Å². The SMILES string of the molecule is Cc1nc2cc(-c3nc(Nc4ccc(C5CCN(C)CC5)cn4)ncc3C(F)(F)F)sc2n1C(C)C. The molecule has 0 atom stereocenters. The lowest BCUT2D eigenvalue weighted by molar-refractivity contribution is -0.137. The van der Waals surface area contributed by atoms with Crippen LogP contribution in [0.15, 0.2) is 30.6 Å². The molecule has 0 unspecified atom stereocenters. The molecule has 5 heterocycles. The number of nitrogens with zero attached hydrogens (tertiary/aromatic N) is 6. The van der Waals surface area contributed by atoms with E-state index in [1.807, 2.05) is 43.7 Å². The summed E-state index contributed by atoms with van der Waals surface area (Å²) in [5.41, 5.74) is 0.782. The minimum atomic E-state index is -4.59. The molecule has 190 valence electrons. The zero-order valence-electron chi connectivity index (χ0n) is 20.6. The normalized spacial score (nSPS) is 15.8. The van der Waals surface area contributed by atoms with Crippen molar-refractivity contribution in [3.05, 3.63) is 47.5 Å². The van der Waals surface area contributed by atoms with E-state index < -0.39 is 11.7 Å². The number of nitrogens with one attached hydrogen (secondary N) is 1. The van der Waals surface area contributed by atoms with Crippen LogP contribution in [0.4, 0.5) is 24.9 Å². The Morgan fingerprint density at radius 1 is 1.08 bits per heavy atom. The van der Waals surface area contributed by atoms with Crippen LogP contribution < -0.4 is 5.32 Å². The summed E-state index contributed by atoms with van der Waals surface area (Å²) in [5.74, 6) is 1.84. The highest BCUT2D eigenvalue weighted by Gasteiger charge is 2.36. The smallest absolute Gasteiger partial charge is 0.317 e. The summed E-state index contributed by atoms with van der Waals surface area (Å²) >= 11 is 1.25. The van der Waals surface area contributed by atoms with Crippen molar-refractivity contribution in [2.45, 2.75) is 51.7 Å². The standard InChI is InChI=1S/C25H28F3N7S/c1-14(2)35-15(3)31-19-11-20(36-23(19)35)22-18(25(26,27)28)13-30-24(33-22)32-21-6-5-17(12-29-21)16-7-9-34(4)10-8-16/h5-6,11-14,16H,7-10H2,1-4H3,(H,29,30,32,33). The van der Waals surface area contributed by atoms with Gasteiger partial charge in [0, 0.05) is 18.4 Å². The van der Waals surface area contributed by atoms with Crippen molar-refractivity contribution in [2.75, 3.05) is 25.5 Å². The number of piperidine rings is 1. The number of thiophene rings is 1. The molecule has 1 aliphatic heterocycles. The Morgan fingerprint density at radius 3 is 2.47 bits per heavy atom. The molecule has 7 nitrogen and oxygen atoms in total. The van der Waals surface area contributed by atoms with Crippen molar-refractivity contribution in [1.82, 2.24) is 29.4 Å². The lowest BCUT2D eigenvalue weighted by Gasteiger charge is -2.29. The highest BCUT2D eigenvalue weighted by Crippen LogP contribution is 2.41. The largest absolute Gasteiger partial charge is 0.420 e. The predicted octanol–water partition coefficient (Wildman–Crippen LogP) is 6.41. The Morgan fingerprint density at radius 2 is 1.83 bits per heavy atom. The molecule has 0 bridgehead atoms. The number of alkyl halides is 3. The molecule has 36 heavy (non-hydrogen) atoms. The van der Waals surface area contributed by atoms with Gasteiger partial charge in [0.1, 0.15) is 27.6 Å². The van der Waals surface area contributed by atoms with E-state index in [1.165, 1.54) is 16.9 Å². The molecule has 4 aromatic heterocycles. The number of anilines is 2. The lowest BCUT2D eigenvalue weighted by Crippen LogP contribution is -2.29. The van der Waals surface area contributed by atoms with E-state index in [1.54, 1.807) is 6.07 Å². The van der Waals surface area contributed by atoms with Gasteiger partial charge < -0.3 is 14.8 Å². The van der Waals surface area contributed by atoms with Crippen LogP contribution in [-0.4, -0.2) is 49.5 Å². The predicted molar refractivity (Wildman–Crippen MR) is 136 cm³/mol. The van der Waals surface area contributed by atoms with E-state index in [4.69, 9.17) is 0 Å². The number of rotatable bonds is 5. The van der Waals surface area contributed by atoms with Gasteiger partial charge in [-0.1, -0.05) is 6.07 Å². The zero-order chi connectivity index (χ0) is 25.6. The van der Waals surface area contributed by atoms with Gasteiger partial charge in [0.05, 0.1) is 10.6 Å². The molecule has 1 fully saturated rings. The Balaban J connectivity index is 1.45. The van der Waals surface area contributed by atoms with Gasteiger partial charge in [-0.2, -0.15) is 13.2 Å². The second-order valence-corrected chi connectivity index (χ2v) is 10.6. The second kappa shape index (κ2) is 9.44. The van der Waals surface area contributed by atoms with Crippen molar-refractivity contribution < 1.29 is 13.2 Å². The molecule has 5 rings (SSSR count). The average Bonchev–Trinajstić information content (AvgIpc) is 3.35. The molecule has 0 aromatic carbocycles. The molecule has 0 amide bonds. The molecule has 0 radical (unpaired) electrons. The van der Waals surface area contributed by atoms with Crippen molar-refractivity contribution in [3.8, 4) is 10.6 Å². The van der Waals surface area contributed by atoms with Crippen LogP contribution in [0.3, 0.4) is 0 Å². The Labute approximate surface area is 211 Å². The average molecular weight is 516 g/mol. The van der Waals surface area contributed by atoms with Crippen LogP contribution in [0.1, 0.15) is 55.6 Å². The molecule has 1 N–H and O–H groups in total. The second-order valence-electron chi connectivity index (χ2n) is 9.56. The van der Waals surface area contributed by atoms with Gasteiger partial charge in [-0.05, 0) is 77.4 Å². The van der Waals surface area contributed by atoms with Gasteiger partial charge in [-0.15, -0.1) is 11.3 Å². The molecule has 0 aliphatic carbocycles. The third kappa shape index (κ3) is 4.81. The number of pyridine rings is 1. The summed E-state index contributed by atoms with van der Waals surface area (Å²) in [4.78, 5) is 20.8. The Bertz CT molecular complexity index is 1370. The number of likely N-dealkylation sites (tertiary alicyclic amines) is 1. The first-order chi connectivity index (χ1) is 17.1. The van der Waals surface area contributed by atoms with Gasteiger partial charge in [-0.3, -0.25) is 0 Å². The topological polar surface area (TPSA) is 71.8 Å². The van der Waals surface area contributed by atoms with Crippen LogP contribution >= 0.6 is 11.3 Å². The fourth-order valence-electron chi connectivity index (χ4n) is 4.74. The molecule has 0 spiro atoms. The van der Waals surface area contributed by atoms with E-state index in [-0.39, 0.29) is 17.7 Å². The first kappa shape index (κ1) is 24.6. The minimum absolute atomic E-state index is 0.0616. The minimum Gasteiger partial charge on any atom is -0.317 e. The van der Waals surface area contributed by atoms with Crippen LogP contribution in [-0.2, 0) is 6.18 Å². The molecule has 1 saturated heterocycles. The molecular weight excluding hydrogens is 487 g/mol. The Kier molecular flexibility index (Phi) is 6.46. The molecule has 1 aliphatic rings. The third-order valence-electron chi connectivity index (χ3n) is 6.60. The van der Waals surface area contributed by atoms with E-state index in [0.717, 1.165) is 42.8 Å². The Hall–Kier alpha value is -3.05. The van der Waals surface area contributed by atoms with Crippen molar-refractivity contribution >= 4 is 33.5 Å². The quantitative estimate of drug-likeness (QED) is 0.331. The van der Waals surface area contributed by atoms with E-state index in [2.05, 4.69) is 37.2 Å². The van der Waals surface area contributed by atoms with Crippen LogP contribution in [0, 0.1) is 6.92 Å². The maximum atomic E-state index is 13.9. The highest BCUT2D eigenvalue weighted by molar-refractivity contribution is 7.21. The number of aromatic nitrogens is 5. The highest BCUT2D eigenvalue weighted by atomic mass is 32.1. The maximum absolute atomic E-state index is 13.9. The molecule has 0 saturated carbocycles. The zero-order valence-corrected chi connectivity index (χ0v) is 21.4. The summed E-state index contributed by atoms with van der Waals surface area (Å²) in [6, 6.07) is 5.64. The lowest BCUT2D eigenvalue weighted by atomic mass is 9.91. The summed E-state index contributed by atoms with van der Waals surface area (Å²) in [7, 11) is 2.12. The third-order valence-corrected chi connectivity index (χ3v) is 7.73. The fraction of sp³-hybridized carbons (Fsp3) is 0.440. The maximum Gasteiger partial charge on any atom is 0.420 e. The van der Waals surface area contributed by atoms with Crippen LogP contribution in [0.5, 0.6) is 0 Å². The van der Waals surface area contributed by atoms with Gasteiger partial charge >= 0.3 is 6.18 Å². The molecular formula is C25H28F3N7S. The van der Waals surface area contributed by atoms with Crippen molar-refractivity contribution in [2.24, 2.45) is 0 Å². The summed E-state index contributed by atoms with van der Waals surface area (Å²) in [6.45, 7) is 8.04. The van der Waals surface area contributed by atoms with Crippen molar-refractivity contribution in [1.29, 1.82) is 0 Å². The number of hydrogen-bond donors (Lipinski definition) is 1. The van der Waals surface area contributed by atoms with Crippen LogP contribution in [0.2, 0.25) is 0 Å². The van der Waals surface area contributed by atoms with Gasteiger partial charge in [-0.25, -0.2) is 19.9 Å². The molecule has 11 heteroatoms. The fourth-order valence-corrected chi connectivity index (χ4v) is 6.02. The monoisotopic (exact) mass is 515 g/mol. The molecule has 4 aromatic rings. The summed E-state index contributed by atoms with van der Waals surface area (Å²) < 4.78 is 43.6. The van der Waals surface area contributed by atoms with Crippen molar-refractivity contribution in [3.63, 3.8) is 0 Å². The first-order valence-corrected chi connectivity index (χ1v) is 12.8. The number of aryl methyl sites for hydroxylation is 1.